The first-order chi connectivity index (χ1) is 19.5. The van der Waals surface area contributed by atoms with E-state index < -0.39 is 0 Å². The summed E-state index contributed by atoms with van der Waals surface area (Å²) in [6, 6.07) is 0.256. The third kappa shape index (κ3) is 13.7. The first-order valence-electron chi connectivity index (χ1n) is 16.6. The minimum absolute atomic E-state index is 0.157. The zero-order valence-electron chi connectivity index (χ0n) is 29.2. The monoisotopic (exact) mass is 581 g/mol. The molecule has 4 nitrogen and oxygen atoms in total. The van der Waals surface area contributed by atoms with Crippen LogP contribution in [0.2, 0.25) is 0 Å². The van der Waals surface area contributed by atoms with E-state index in [1.807, 2.05) is 0 Å². The van der Waals surface area contributed by atoms with Crippen LogP contribution in [0.4, 0.5) is 0 Å². The molecular formula is C38H68N4. The molecule has 0 radical (unpaired) electrons. The maximum atomic E-state index is 5.78. The average Bonchev–Trinajstić information content (AvgIpc) is 2.89. The lowest BCUT2D eigenvalue weighted by Gasteiger charge is -2.39. The van der Waals surface area contributed by atoms with Gasteiger partial charge in [-0.25, -0.2) is 0 Å². The van der Waals surface area contributed by atoms with E-state index in [2.05, 4.69) is 123 Å². The summed E-state index contributed by atoms with van der Waals surface area (Å²) in [4.78, 5) is 2.32. The molecule has 42 heavy (non-hydrogen) atoms. The Morgan fingerprint density at radius 2 is 1.67 bits per heavy atom. The second kappa shape index (κ2) is 17.7. The molecule has 0 bridgehead atoms. The van der Waals surface area contributed by atoms with E-state index in [-0.39, 0.29) is 22.8 Å². The molecule has 0 heterocycles. The Labute approximate surface area is 261 Å². The molecule has 0 amide bonds. The van der Waals surface area contributed by atoms with Crippen LogP contribution in [0.15, 0.2) is 73.0 Å². The predicted molar refractivity (Wildman–Crippen MR) is 188 cm³/mol. The molecule has 0 aromatic rings. The van der Waals surface area contributed by atoms with Crippen molar-refractivity contribution in [3.8, 4) is 0 Å². The highest BCUT2D eigenvalue weighted by Crippen LogP contribution is 2.39. The van der Waals surface area contributed by atoms with Crippen molar-refractivity contribution in [3.63, 3.8) is 0 Å². The van der Waals surface area contributed by atoms with Crippen molar-refractivity contribution in [2.75, 3.05) is 13.6 Å². The fraction of sp³-hybridized carbons (Fsp3) is 0.684. The van der Waals surface area contributed by atoms with Crippen molar-refractivity contribution >= 4 is 0 Å². The molecule has 0 aliphatic heterocycles. The van der Waals surface area contributed by atoms with Gasteiger partial charge in [0.2, 0.25) is 0 Å². The number of hydrogen-bond donors (Lipinski definition) is 3. The third-order valence-electron chi connectivity index (χ3n) is 9.07. The molecule has 2 unspecified atom stereocenters. The Morgan fingerprint density at radius 1 is 1.00 bits per heavy atom. The number of likely N-dealkylation sites (N-methyl/N-ethyl adjacent to an activating group) is 1. The van der Waals surface area contributed by atoms with Crippen LogP contribution in [0.25, 0.3) is 0 Å². The molecule has 1 aliphatic rings. The summed E-state index contributed by atoms with van der Waals surface area (Å²) in [6.45, 7) is 36.5. The molecule has 0 aromatic heterocycles. The lowest BCUT2D eigenvalue weighted by molar-refractivity contribution is 0.272. The molecule has 4 heteroatoms. The van der Waals surface area contributed by atoms with E-state index in [9.17, 15) is 0 Å². The second-order valence-corrected chi connectivity index (χ2v) is 14.9. The van der Waals surface area contributed by atoms with Crippen molar-refractivity contribution in [2.45, 2.75) is 126 Å². The molecule has 4 N–H and O–H groups in total. The lowest BCUT2D eigenvalue weighted by Crippen LogP contribution is -2.43. The van der Waals surface area contributed by atoms with Crippen LogP contribution in [-0.2, 0) is 0 Å². The highest BCUT2D eigenvalue weighted by atomic mass is 15.1. The highest BCUT2D eigenvalue weighted by Gasteiger charge is 2.31. The smallest absolute Gasteiger partial charge is 0.0885 e. The largest absolute Gasteiger partial charge is 0.386 e. The Balaban J connectivity index is 2.98. The van der Waals surface area contributed by atoms with E-state index in [4.69, 9.17) is 5.73 Å². The van der Waals surface area contributed by atoms with Gasteiger partial charge in [0.15, 0.2) is 0 Å². The maximum Gasteiger partial charge on any atom is 0.0885 e. The van der Waals surface area contributed by atoms with Gasteiger partial charge in [-0.3, -0.25) is 0 Å². The topological polar surface area (TPSA) is 53.3 Å². The second-order valence-electron chi connectivity index (χ2n) is 14.9. The summed E-state index contributed by atoms with van der Waals surface area (Å²) in [5.41, 5.74) is 11.0. The van der Waals surface area contributed by atoms with E-state index in [0.717, 1.165) is 62.4 Å². The van der Waals surface area contributed by atoms with Crippen LogP contribution in [-0.4, -0.2) is 24.5 Å². The molecule has 0 aromatic carbocycles. The van der Waals surface area contributed by atoms with Gasteiger partial charge in [0.25, 0.3) is 0 Å². The molecule has 0 spiro atoms. The predicted octanol–water partition coefficient (Wildman–Crippen LogP) is 9.81. The van der Waals surface area contributed by atoms with E-state index in [1.54, 1.807) is 0 Å². The number of unbranched alkanes of at least 4 members (excludes halogenated alkanes) is 2. The molecule has 0 saturated heterocycles. The number of nitrogens with one attached hydrogen (secondary N) is 2. The Morgan fingerprint density at radius 3 is 2.19 bits per heavy atom. The summed E-state index contributed by atoms with van der Waals surface area (Å²) in [5.74, 6) is 2.00. The standard InChI is InChI=1S/C38H68N4/c1-28(2)18-15-14-16-19-31(6)41-36(29(3)4)35(20-17-27-40-33(8)39)32(7)42(13)34-22-25-38(12,26-23-34)24-21-30(5)37(9,10)11/h22-23,25,28-29,35-36,40-41H,5-8,14-21,24,26-27,39H2,1-4,9-13H3/t35-,36?,38?/m0/s1. The molecule has 0 saturated carbocycles. The van der Waals surface area contributed by atoms with E-state index in [1.165, 1.54) is 37.0 Å². The van der Waals surface area contributed by atoms with Crippen molar-refractivity contribution in [1.82, 2.24) is 15.5 Å². The minimum Gasteiger partial charge on any atom is -0.386 e. The van der Waals surface area contributed by atoms with Crippen LogP contribution in [0.1, 0.15) is 120 Å². The van der Waals surface area contributed by atoms with Crippen LogP contribution < -0.4 is 16.4 Å². The summed E-state index contributed by atoms with van der Waals surface area (Å²) in [7, 11) is 2.18. The normalized spacial score (nSPS) is 18.4. The summed E-state index contributed by atoms with van der Waals surface area (Å²) < 4.78 is 0. The Hall–Kier alpha value is -2.36. The van der Waals surface area contributed by atoms with Crippen LogP contribution >= 0.6 is 0 Å². The zero-order valence-corrected chi connectivity index (χ0v) is 29.2. The van der Waals surface area contributed by atoms with E-state index >= 15 is 0 Å². The van der Waals surface area contributed by atoms with Crippen LogP contribution in [0.3, 0.4) is 0 Å². The third-order valence-corrected chi connectivity index (χ3v) is 9.07. The Bertz CT molecular complexity index is 945. The first-order valence-corrected chi connectivity index (χ1v) is 16.6. The van der Waals surface area contributed by atoms with Crippen molar-refractivity contribution in [1.29, 1.82) is 0 Å². The Kier molecular flexibility index (Phi) is 15.9. The number of nitrogens with zero attached hydrogens (tertiary/aromatic N) is 1. The van der Waals surface area contributed by atoms with Crippen molar-refractivity contribution < 1.29 is 0 Å². The highest BCUT2D eigenvalue weighted by molar-refractivity contribution is 5.29. The fourth-order valence-corrected chi connectivity index (χ4v) is 5.65. The first kappa shape index (κ1) is 37.7. The van der Waals surface area contributed by atoms with Gasteiger partial charge in [-0.1, -0.05) is 119 Å². The maximum absolute atomic E-state index is 5.78. The van der Waals surface area contributed by atoms with Crippen molar-refractivity contribution in [2.24, 2.45) is 34.3 Å². The number of hydrogen-bond acceptors (Lipinski definition) is 4. The van der Waals surface area contributed by atoms with Gasteiger partial charge in [-0.2, -0.15) is 0 Å². The fourth-order valence-electron chi connectivity index (χ4n) is 5.65. The number of allylic oxidation sites excluding steroid dienone is 5. The minimum atomic E-state index is 0.157. The summed E-state index contributed by atoms with van der Waals surface area (Å²) >= 11 is 0. The SMILES string of the molecule is C=C(N)NCCC[C@@H](C(=C)N(C)C1=CCC(C)(CCC(=C)C(C)(C)C)C=C1)C(NC(=C)CCCCCC(C)C)C(C)C. The van der Waals surface area contributed by atoms with Crippen LogP contribution in [0.5, 0.6) is 0 Å². The summed E-state index contributed by atoms with van der Waals surface area (Å²) in [6.07, 6.45) is 18.4. The van der Waals surface area contributed by atoms with Gasteiger partial charge in [0, 0.05) is 42.6 Å². The van der Waals surface area contributed by atoms with Gasteiger partial charge in [-0.15, -0.1) is 0 Å². The quantitative estimate of drug-likeness (QED) is 0.0934. The van der Waals surface area contributed by atoms with Gasteiger partial charge in [-0.05, 0) is 73.7 Å². The average molecular weight is 581 g/mol. The molecule has 0 fully saturated rings. The molecule has 240 valence electrons. The number of nitrogens with two attached hydrogens (primary N) is 1. The molecule has 3 atom stereocenters. The van der Waals surface area contributed by atoms with Gasteiger partial charge < -0.3 is 21.3 Å². The van der Waals surface area contributed by atoms with Crippen molar-refractivity contribution in [3.05, 3.63) is 73.0 Å². The van der Waals surface area contributed by atoms with E-state index in [0.29, 0.717) is 11.7 Å². The summed E-state index contributed by atoms with van der Waals surface area (Å²) in [5, 5.41) is 7.07. The van der Waals surface area contributed by atoms with Gasteiger partial charge in [0.05, 0.1) is 5.82 Å². The molecule has 1 aliphatic carbocycles. The molecular weight excluding hydrogens is 512 g/mol. The molecule has 1 rings (SSSR count). The number of rotatable bonds is 21. The zero-order chi connectivity index (χ0) is 32.1. The van der Waals surface area contributed by atoms with Gasteiger partial charge in [0.1, 0.15) is 0 Å². The van der Waals surface area contributed by atoms with Gasteiger partial charge >= 0.3 is 0 Å². The lowest BCUT2D eigenvalue weighted by atomic mass is 9.75. The van der Waals surface area contributed by atoms with Crippen LogP contribution in [0, 0.1) is 28.6 Å².